The lowest BCUT2D eigenvalue weighted by Gasteiger charge is -2.27. The zero-order valence-corrected chi connectivity index (χ0v) is 12.7. The molecule has 0 aliphatic heterocycles. The summed E-state index contributed by atoms with van der Waals surface area (Å²) in [5.74, 6) is -4.02. The monoisotopic (exact) mass is 300 g/mol. The van der Waals surface area contributed by atoms with Crippen molar-refractivity contribution in [2.45, 2.75) is 51.9 Å². The maximum Gasteiger partial charge on any atom is 0.373 e. The third-order valence-electron chi connectivity index (χ3n) is 2.60. The first-order valence-corrected chi connectivity index (χ1v) is 6.83. The van der Waals surface area contributed by atoms with Gasteiger partial charge in [-0.15, -0.1) is 0 Å². The number of aliphatic hydroxyl groups is 2. The predicted molar refractivity (Wildman–Crippen MR) is 76.9 cm³/mol. The molecule has 0 radical (unpaired) electrons. The number of hydrogen-bond donors (Lipinski definition) is 2. The highest BCUT2D eigenvalue weighted by molar-refractivity contribution is 5.88. The molecule has 0 aliphatic rings. The topological polar surface area (TPSA) is 93.1 Å². The highest BCUT2D eigenvalue weighted by Gasteiger charge is 2.36. The molecule has 0 fully saturated rings. The Morgan fingerprint density at radius 3 is 1.76 bits per heavy atom. The van der Waals surface area contributed by atoms with Crippen LogP contribution >= 0.6 is 0 Å². The van der Waals surface area contributed by atoms with Gasteiger partial charge in [0.1, 0.15) is 0 Å². The Balaban J connectivity index is 4.66. The van der Waals surface area contributed by atoms with Crippen LogP contribution < -0.4 is 0 Å². The molecule has 120 valence electrons. The minimum Gasteiger partial charge on any atom is -0.396 e. The number of carbonyl (C=O) groups is 2. The van der Waals surface area contributed by atoms with E-state index in [2.05, 4.69) is 13.2 Å². The summed E-state index contributed by atoms with van der Waals surface area (Å²) < 4.78 is 9.62. The van der Waals surface area contributed by atoms with E-state index < -0.39 is 17.9 Å². The fourth-order valence-electron chi connectivity index (χ4n) is 1.40. The van der Waals surface area contributed by atoms with E-state index in [1.54, 1.807) is 0 Å². The van der Waals surface area contributed by atoms with Crippen LogP contribution in [0.1, 0.15) is 46.0 Å². The number of ether oxygens (including phenoxy) is 2. The van der Waals surface area contributed by atoms with E-state index in [9.17, 15) is 14.7 Å². The summed E-state index contributed by atoms with van der Waals surface area (Å²) in [6.07, 6.45) is 2.50. The van der Waals surface area contributed by atoms with Crippen molar-refractivity contribution in [2.75, 3.05) is 6.61 Å². The van der Waals surface area contributed by atoms with E-state index in [1.807, 2.05) is 0 Å². The van der Waals surface area contributed by atoms with E-state index in [0.717, 1.165) is 6.42 Å². The van der Waals surface area contributed by atoms with Crippen LogP contribution in [-0.2, 0) is 19.1 Å². The van der Waals surface area contributed by atoms with Crippen molar-refractivity contribution < 1.29 is 29.3 Å². The van der Waals surface area contributed by atoms with Crippen molar-refractivity contribution >= 4 is 11.9 Å². The van der Waals surface area contributed by atoms with Gasteiger partial charge in [-0.3, -0.25) is 0 Å². The molecule has 0 amide bonds. The van der Waals surface area contributed by atoms with Gasteiger partial charge in [-0.2, -0.15) is 0 Å². The molecule has 0 rings (SSSR count). The summed E-state index contributed by atoms with van der Waals surface area (Å²) in [5.41, 5.74) is 0.167. The second-order valence-corrected chi connectivity index (χ2v) is 4.94. The van der Waals surface area contributed by atoms with Crippen LogP contribution in [0.4, 0.5) is 0 Å². The third-order valence-corrected chi connectivity index (χ3v) is 2.60. The lowest BCUT2D eigenvalue weighted by atomic mass is 10.1. The van der Waals surface area contributed by atoms with Crippen LogP contribution in [-0.4, -0.2) is 34.7 Å². The Hall–Kier alpha value is -1.66. The van der Waals surface area contributed by atoms with Crippen molar-refractivity contribution in [3.05, 3.63) is 24.3 Å². The first-order chi connectivity index (χ1) is 9.72. The molecule has 0 aromatic rings. The third kappa shape index (κ3) is 8.27. The van der Waals surface area contributed by atoms with Crippen LogP contribution in [0.2, 0.25) is 0 Å². The van der Waals surface area contributed by atoms with Gasteiger partial charge in [0.25, 0.3) is 0 Å². The van der Waals surface area contributed by atoms with Crippen LogP contribution in [0, 0.1) is 0 Å². The maximum atomic E-state index is 11.5. The molecule has 0 saturated carbocycles. The summed E-state index contributed by atoms with van der Waals surface area (Å²) in [7, 11) is 0. The van der Waals surface area contributed by atoms with Crippen molar-refractivity contribution in [1.82, 2.24) is 0 Å². The quantitative estimate of drug-likeness (QED) is 0.277. The molecule has 6 heteroatoms. The molecule has 0 saturated heterocycles. The van der Waals surface area contributed by atoms with E-state index in [1.165, 1.54) is 13.8 Å². The Bertz CT molecular complexity index is 371. The van der Waals surface area contributed by atoms with Gasteiger partial charge in [0.2, 0.25) is 0 Å². The van der Waals surface area contributed by atoms with Gasteiger partial charge in [-0.25, -0.2) is 9.59 Å². The van der Waals surface area contributed by atoms with Gasteiger partial charge < -0.3 is 19.7 Å². The van der Waals surface area contributed by atoms with Crippen molar-refractivity contribution in [2.24, 2.45) is 0 Å². The summed E-state index contributed by atoms with van der Waals surface area (Å²) in [4.78, 5) is 23.0. The molecule has 0 aliphatic carbocycles. The van der Waals surface area contributed by atoms with Gasteiger partial charge in [0.05, 0.1) is 6.42 Å². The highest BCUT2D eigenvalue weighted by atomic mass is 16.8. The molecule has 2 N–H and O–H groups in total. The van der Waals surface area contributed by atoms with E-state index in [-0.39, 0.29) is 24.2 Å². The zero-order valence-electron chi connectivity index (χ0n) is 12.7. The van der Waals surface area contributed by atoms with E-state index in [0.29, 0.717) is 19.3 Å². The van der Waals surface area contributed by atoms with E-state index in [4.69, 9.17) is 14.6 Å². The number of aliphatic hydroxyl groups excluding tert-OH is 1. The summed E-state index contributed by atoms with van der Waals surface area (Å²) >= 11 is 0. The Labute approximate surface area is 125 Å². The highest BCUT2D eigenvalue weighted by Crippen LogP contribution is 2.21. The van der Waals surface area contributed by atoms with Crippen molar-refractivity contribution in [3.8, 4) is 0 Å². The first-order valence-electron chi connectivity index (χ1n) is 6.83. The van der Waals surface area contributed by atoms with Gasteiger partial charge in [-0.05, 0) is 26.7 Å². The van der Waals surface area contributed by atoms with Gasteiger partial charge in [0, 0.05) is 17.8 Å². The molecular weight excluding hydrogens is 276 g/mol. The van der Waals surface area contributed by atoms with Crippen LogP contribution in [0.15, 0.2) is 24.3 Å². The Kier molecular flexibility index (Phi) is 8.57. The number of hydrogen-bond acceptors (Lipinski definition) is 6. The standard InChI is InChI=1S/C15H24O6/c1-11(2)13(17)20-15(19,21-14(18)12(3)4)9-7-5-6-8-10-16/h16,19H,1,3,5-10H2,2,4H3. The molecule has 0 bridgehead atoms. The fourth-order valence-corrected chi connectivity index (χ4v) is 1.40. The van der Waals surface area contributed by atoms with Crippen LogP contribution in [0.5, 0.6) is 0 Å². The average Bonchev–Trinajstić information content (AvgIpc) is 2.37. The molecule has 21 heavy (non-hydrogen) atoms. The van der Waals surface area contributed by atoms with Crippen LogP contribution in [0.25, 0.3) is 0 Å². The number of carbonyl (C=O) groups excluding carboxylic acids is 2. The van der Waals surface area contributed by atoms with E-state index >= 15 is 0 Å². The van der Waals surface area contributed by atoms with Gasteiger partial charge in [-0.1, -0.05) is 26.0 Å². The van der Waals surface area contributed by atoms with Gasteiger partial charge in [0.15, 0.2) is 0 Å². The minimum atomic E-state index is -2.33. The second kappa shape index (κ2) is 9.31. The number of rotatable bonds is 10. The molecule has 0 unspecified atom stereocenters. The molecule has 0 aromatic heterocycles. The maximum absolute atomic E-state index is 11.5. The Morgan fingerprint density at radius 2 is 1.38 bits per heavy atom. The molecular formula is C15H24O6. The van der Waals surface area contributed by atoms with Crippen LogP contribution in [0.3, 0.4) is 0 Å². The number of esters is 2. The molecule has 6 nitrogen and oxygen atoms in total. The summed E-state index contributed by atoms with van der Waals surface area (Å²) in [6, 6.07) is 0. The smallest absolute Gasteiger partial charge is 0.373 e. The van der Waals surface area contributed by atoms with Crippen molar-refractivity contribution in [1.29, 1.82) is 0 Å². The average molecular weight is 300 g/mol. The molecule has 0 atom stereocenters. The summed E-state index contributed by atoms with van der Waals surface area (Å²) in [6.45, 7) is 9.74. The normalized spacial score (nSPS) is 10.9. The summed E-state index contributed by atoms with van der Waals surface area (Å²) in [5, 5.41) is 18.9. The SMILES string of the molecule is C=C(C)C(=O)OC(O)(CCCCCCO)OC(=O)C(=C)C. The Morgan fingerprint density at radius 1 is 0.952 bits per heavy atom. The molecule has 0 aromatic carbocycles. The second-order valence-electron chi connectivity index (χ2n) is 4.94. The lowest BCUT2D eigenvalue weighted by molar-refractivity contribution is -0.325. The zero-order chi connectivity index (χ0) is 16.5. The largest absolute Gasteiger partial charge is 0.396 e. The first kappa shape index (κ1) is 19.3. The number of unbranched alkanes of at least 4 members (excludes halogenated alkanes) is 3. The molecule has 0 heterocycles. The predicted octanol–water partition coefficient (Wildman–Crippen LogP) is 1.81. The molecule has 0 spiro atoms. The van der Waals surface area contributed by atoms with Gasteiger partial charge >= 0.3 is 17.9 Å². The van der Waals surface area contributed by atoms with Crippen molar-refractivity contribution in [3.63, 3.8) is 0 Å². The fraction of sp³-hybridized carbons (Fsp3) is 0.600. The lowest BCUT2D eigenvalue weighted by Crippen LogP contribution is -2.40. The minimum absolute atomic E-state index is 0.0591.